The van der Waals surface area contributed by atoms with Crippen LogP contribution < -0.4 is 10.1 Å². The van der Waals surface area contributed by atoms with E-state index in [0.29, 0.717) is 41.1 Å². The molecule has 0 bridgehead atoms. The Hall–Kier alpha value is -5.32. The number of carbonyl (C=O) groups is 3. The largest absolute Gasteiger partial charge is 0.497 e. The van der Waals surface area contributed by atoms with Gasteiger partial charge in [0.1, 0.15) is 22.4 Å². The summed E-state index contributed by atoms with van der Waals surface area (Å²) in [6.07, 6.45) is 5.71. The first kappa shape index (κ1) is 24.7. The van der Waals surface area contributed by atoms with Crippen LogP contribution in [0.15, 0.2) is 71.5 Å². The maximum absolute atomic E-state index is 13.3. The summed E-state index contributed by atoms with van der Waals surface area (Å²) in [7, 11) is 1.54. The van der Waals surface area contributed by atoms with Crippen LogP contribution in [0.5, 0.6) is 5.75 Å². The van der Waals surface area contributed by atoms with Gasteiger partial charge in [0.25, 0.3) is 5.91 Å². The molecule has 2 aliphatic heterocycles. The van der Waals surface area contributed by atoms with Crippen LogP contribution >= 0.6 is 0 Å². The number of fused-ring (bicyclic) bond motifs is 2. The molecular formula is C30H24N6O5. The van der Waals surface area contributed by atoms with Crippen molar-refractivity contribution in [2.75, 3.05) is 13.7 Å². The molecule has 7 rings (SSSR count). The lowest BCUT2D eigenvalue weighted by Crippen LogP contribution is -2.46. The molecule has 1 atom stereocenters. The van der Waals surface area contributed by atoms with Gasteiger partial charge in [0.05, 0.1) is 19.7 Å². The second kappa shape index (κ2) is 9.40. The molecule has 11 heteroatoms. The lowest BCUT2D eigenvalue weighted by Gasteiger charge is -2.28. The molecule has 1 saturated heterocycles. The molecule has 1 aromatic carbocycles. The van der Waals surface area contributed by atoms with Gasteiger partial charge in [-0.25, -0.2) is 4.98 Å². The zero-order valence-electron chi connectivity index (χ0n) is 22.0. The van der Waals surface area contributed by atoms with Gasteiger partial charge in [-0.2, -0.15) is 5.10 Å². The molecule has 2 aliphatic rings. The smallest absolute Gasteiger partial charge is 0.254 e. The van der Waals surface area contributed by atoms with E-state index in [4.69, 9.17) is 14.1 Å². The predicted octanol–water partition coefficient (Wildman–Crippen LogP) is 3.15. The average Bonchev–Trinajstić information content (AvgIpc) is 3.76. The summed E-state index contributed by atoms with van der Waals surface area (Å²) in [6.45, 7) is 0.302. The number of pyridine rings is 2. The van der Waals surface area contributed by atoms with Gasteiger partial charge in [-0.1, -0.05) is 12.1 Å². The SMILES string of the molecule is COc1ccc2c(c1)C(=O)N(C[C@@]1(c3cc4nc(Cc5ccc(-c6cn[nH]c6)cn5)ccc4o3)CC(=O)NC1=O)C2. The van der Waals surface area contributed by atoms with Crippen molar-refractivity contribution in [1.29, 1.82) is 0 Å². The standard InChI is InChI=1S/C30H24N6O5/c1-40-22-6-3-18-15-36(28(38)23(18)9-22)16-30(11-27(37)35-29(30)39)26-10-24-25(41-26)7-5-21(34-24)8-20-4-2-17(12-31-20)19-13-32-33-14-19/h2-7,9-10,12-14H,8,11,15-16H2,1H3,(H,32,33)(H,35,37,39)/t30-/m1/s1. The highest BCUT2D eigenvalue weighted by molar-refractivity contribution is 6.10. The lowest BCUT2D eigenvalue weighted by molar-refractivity contribution is -0.127. The third kappa shape index (κ3) is 4.22. The Bertz CT molecular complexity index is 1830. The van der Waals surface area contributed by atoms with Crippen LogP contribution in [0.3, 0.4) is 0 Å². The molecule has 1 fully saturated rings. The Labute approximate surface area is 233 Å². The number of imide groups is 1. The van der Waals surface area contributed by atoms with E-state index in [1.165, 1.54) is 0 Å². The molecule has 0 radical (unpaired) electrons. The van der Waals surface area contributed by atoms with E-state index in [-0.39, 0.29) is 18.9 Å². The number of H-pyrrole nitrogens is 1. The average molecular weight is 549 g/mol. The number of nitrogens with zero attached hydrogens (tertiary/aromatic N) is 4. The van der Waals surface area contributed by atoms with Crippen molar-refractivity contribution in [2.24, 2.45) is 0 Å². The van der Waals surface area contributed by atoms with E-state index < -0.39 is 17.2 Å². The first-order valence-electron chi connectivity index (χ1n) is 13.1. The van der Waals surface area contributed by atoms with Crippen LogP contribution in [0, 0.1) is 0 Å². The van der Waals surface area contributed by atoms with Crippen LogP contribution in [0.25, 0.3) is 22.2 Å². The molecule has 0 spiro atoms. The number of carbonyl (C=O) groups excluding carboxylic acids is 3. The van der Waals surface area contributed by atoms with E-state index >= 15 is 0 Å². The number of nitrogens with one attached hydrogen (secondary N) is 2. The summed E-state index contributed by atoms with van der Waals surface area (Å²) in [5.41, 5.74) is 4.55. The quantitative estimate of drug-likeness (QED) is 0.295. The maximum atomic E-state index is 13.3. The van der Waals surface area contributed by atoms with Gasteiger partial charge in [-0.15, -0.1) is 0 Å². The normalized spacial score (nSPS) is 18.3. The molecule has 0 unspecified atom stereocenters. The molecule has 6 heterocycles. The van der Waals surface area contributed by atoms with Crippen molar-refractivity contribution < 1.29 is 23.5 Å². The third-order valence-electron chi connectivity index (χ3n) is 7.73. The number of amides is 3. The first-order valence-corrected chi connectivity index (χ1v) is 13.1. The van der Waals surface area contributed by atoms with Crippen molar-refractivity contribution in [1.82, 2.24) is 30.4 Å². The summed E-state index contributed by atoms with van der Waals surface area (Å²) in [5, 5.41) is 9.17. The minimum atomic E-state index is -1.37. The molecule has 11 nitrogen and oxygen atoms in total. The molecule has 2 N–H and O–H groups in total. The summed E-state index contributed by atoms with van der Waals surface area (Å²) >= 11 is 0. The highest BCUT2D eigenvalue weighted by atomic mass is 16.5. The number of methoxy groups -OCH3 is 1. The van der Waals surface area contributed by atoms with Crippen molar-refractivity contribution in [2.45, 2.75) is 24.8 Å². The number of hydrogen-bond acceptors (Lipinski definition) is 8. The molecule has 204 valence electrons. The van der Waals surface area contributed by atoms with E-state index in [1.807, 2.05) is 30.5 Å². The van der Waals surface area contributed by atoms with E-state index in [2.05, 4.69) is 20.5 Å². The van der Waals surface area contributed by atoms with Crippen LogP contribution in [0.1, 0.15) is 39.5 Å². The van der Waals surface area contributed by atoms with Crippen molar-refractivity contribution in [3.63, 3.8) is 0 Å². The van der Waals surface area contributed by atoms with Crippen molar-refractivity contribution in [3.05, 3.63) is 95.4 Å². The van der Waals surface area contributed by atoms with Gasteiger partial charge in [0.2, 0.25) is 11.8 Å². The molecule has 5 aromatic rings. The van der Waals surface area contributed by atoms with Crippen LogP contribution in [0.2, 0.25) is 0 Å². The highest BCUT2D eigenvalue weighted by Gasteiger charge is 2.53. The van der Waals surface area contributed by atoms with Gasteiger partial charge in [-0.3, -0.25) is 29.8 Å². The van der Waals surface area contributed by atoms with E-state index in [9.17, 15) is 14.4 Å². The minimum Gasteiger partial charge on any atom is -0.497 e. The molecular weight excluding hydrogens is 524 g/mol. The summed E-state index contributed by atoms with van der Waals surface area (Å²) in [6, 6.07) is 14.6. The molecule has 0 aliphatic carbocycles. The Morgan fingerprint density at radius 2 is 1.90 bits per heavy atom. The number of rotatable bonds is 7. The Kier molecular flexibility index (Phi) is 5.67. The molecule has 0 saturated carbocycles. The van der Waals surface area contributed by atoms with Gasteiger partial charge in [0, 0.05) is 66.0 Å². The maximum Gasteiger partial charge on any atom is 0.254 e. The molecule has 41 heavy (non-hydrogen) atoms. The van der Waals surface area contributed by atoms with Crippen LogP contribution in [-0.4, -0.2) is 56.4 Å². The second-order valence-corrected chi connectivity index (χ2v) is 10.3. The zero-order valence-corrected chi connectivity index (χ0v) is 22.0. The van der Waals surface area contributed by atoms with E-state index in [1.54, 1.807) is 48.7 Å². The molecule has 4 aromatic heterocycles. The number of benzene rings is 1. The number of aromatic nitrogens is 4. The minimum absolute atomic E-state index is 0.0139. The lowest BCUT2D eigenvalue weighted by atomic mass is 9.82. The van der Waals surface area contributed by atoms with Crippen LogP contribution in [-0.2, 0) is 28.0 Å². The van der Waals surface area contributed by atoms with Crippen LogP contribution in [0.4, 0.5) is 0 Å². The number of hydrogen-bond donors (Lipinski definition) is 2. The van der Waals surface area contributed by atoms with Gasteiger partial charge >= 0.3 is 0 Å². The van der Waals surface area contributed by atoms with Crippen molar-refractivity contribution in [3.8, 4) is 16.9 Å². The number of ether oxygens (including phenoxy) is 1. The topological polar surface area (TPSA) is 143 Å². The number of furan rings is 1. The van der Waals surface area contributed by atoms with E-state index in [0.717, 1.165) is 28.1 Å². The third-order valence-corrected chi connectivity index (χ3v) is 7.73. The van der Waals surface area contributed by atoms with Crippen molar-refractivity contribution >= 4 is 28.8 Å². The zero-order chi connectivity index (χ0) is 28.1. The monoisotopic (exact) mass is 548 g/mol. The second-order valence-electron chi connectivity index (χ2n) is 10.3. The predicted molar refractivity (Wildman–Crippen MR) is 146 cm³/mol. The fraction of sp³-hybridized carbons (Fsp3) is 0.200. The summed E-state index contributed by atoms with van der Waals surface area (Å²) < 4.78 is 11.4. The van der Waals surface area contributed by atoms with Gasteiger partial charge in [0.15, 0.2) is 5.58 Å². The highest BCUT2D eigenvalue weighted by Crippen LogP contribution is 2.39. The molecule has 3 amide bonds. The fourth-order valence-corrected chi connectivity index (χ4v) is 5.56. The van der Waals surface area contributed by atoms with Gasteiger partial charge < -0.3 is 14.1 Å². The Balaban J connectivity index is 1.17. The Morgan fingerprint density at radius 3 is 2.63 bits per heavy atom. The first-order chi connectivity index (χ1) is 19.9. The Morgan fingerprint density at radius 1 is 1.02 bits per heavy atom. The fourth-order valence-electron chi connectivity index (χ4n) is 5.56. The summed E-state index contributed by atoms with van der Waals surface area (Å²) in [4.78, 5) is 49.9. The van der Waals surface area contributed by atoms with Gasteiger partial charge in [-0.05, 0) is 35.9 Å². The summed E-state index contributed by atoms with van der Waals surface area (Å²) in [5.74, 6) is -0.270. The number of aromatic amines is 1.